The summed E-state index contributed by atoms with van der Waals surface area (Å²) in [5.74, 6) is 0.0948. The fourth-order valence-electron chi connectivity index (χ4n) is 2.60. The molecule has 2 aromatic carbocycles. The Kier molecular flexibility index (Phi) is 4.45. The molecule has 3 rings (SSSR count). The number of aromatic nitrogens is 2. The molecule has 0 aliphatic carbocycles. The highest BCUT2D eigenvalue weighted by molar-refractivity contribution is 7.92. The number of rotatable bonds is 5. The average Bonchev–Trinajstić information content (AvgIpc) is 2.90. The molecule has 0 aliphatic rings. The van der Waals surface area contributed by atoms with Crippen molar-refractivity contribution in [3.63, 3.8) is 0 Å². The van der Waals surface area contributed by atoms with Gasteiger partial charge in [0.25, 0.3) is 5.91 Å². The molecule has 0 aliphatic heterocycles. The van der Waals surface area contributed by atoms with E-state index >= 15 is 0 Å². The fraction of sp³-hybridized carbons (Fsp3) is 0.176. The Labute approximate surface area is 145 Å². The number of fused-ring (bicyclic) bond motifs is 1. The maximum absolute atomic E-state index is 12.5. The first-order valence-corrected chi connectivity index (χ1v) is 9.61. The lowest BCUT2D eigenvalue weighted by Crippen LogP contribution is -2.16. The smallest absolute Gasteiger partial charge is 0.258 e. The first-order chi connectivity index (χ1) is 11.9. The van der Waals surface area contributed by atoms with Crippen LogP contribution in [0.1, 0.15) is 17.3 Å². The van der Waals surface area contributed by atoms with Crippen molar-refractivity contribution in [3.05, 3.63) is 54.1 Å². The zero-order valence-electron chi connectivity index (χ0n) is 13.9. The van der Waals surface area contributed by atoms with E-state index in [4.69, 9.17) is 0 Å². The van der Waals surface area contributed by atoms with Gasteiger partial charge in [0.2, 0.25) is 16.0 Å². The molecule has 0 radical (unpaired) electrons. The molecule has 0 saturated heterocycles. The zero-order valence-corrected chi connectivity index (χ0v) is 14.7. The molecule has 0 bridgehead atoms. The third kappa shape index (κ3) is 3.80. The van der Waals surface area contributed by atoms with E-state index < -0.39 is 10.0 Å². The minimum absolute atomic E-state index is 0.333. The van der Waals surface area contributed by atoms with Gasteiger partial charge < -0.3 is 4.57 Å². The van der Waals surface area contributed by atoms with E-state index in [1.165, 1.54) is 6.07 Å². The number of nitrogens with zero attached hydrogens (tertiary/aromatic N) is 2. The van der Waals surface area contributed by atoms with Crippen molar-refractivity contribution < 1.29 is 13.2 Å². The summed E-state index contributed by atoms with van der Waals surface area (Å²) in [5, 5.41) is 2.79. The second-order valence-electron chi connectivity index (χ2n) is 5.58. The van der Waals surface area contributed by atoms with Crippen molar-refractivity contribution in [1.29, 1.82) is 0 Å². The van der Waals surface area contributed by atoms with Gasteiger partial charge in [-0.25, -0.2) is 13.4 Å². The number of hydrogen-bond donors (Lipinski definition) is 2. The second-order valence-corrected chi connectivity index (χ2v) is 7.33. The zero-order chi connectivity index (χ0) is 18.0. The monoisotopic (exact) mass is 358 g/mol. The molecule has 0 atom stereocenters. The molecule has 2 N–H and O–H groups in total. The van der Waals surface area contributed by atoms with E-state index in [0.29, 0.717) is 23.7 Å². The average molecular weight is 358 g/mol. The highest BCUT2D eigenvalue weighted by atomic mass is 32.2. The van der Waals surface area contributed by atoms with Crippen LogP contribution in [0.15, 0.2) is 48.5 Å². The summed E-state index contributed by atoms with van der Waals surface area (Å²) >= 11 is 0. The van der Waals surface area contributed by atoms with Gasteiger partial charge in [0.05, 0.1) is 17.3 Å². The molecule has 7 nitrogen and oxygen atoms in total. The number of imidazole rings is 1. The lowest BCUT2D eigenvalue weighted by atomic mass is 10.2. The normalized spacial score (nSPS) is 11.4. The molecule has 3 aromatic rings. The van der Waals surface area contributed by atoms with E-state index in [1.807, 2.05) is 35.8 Å². The van der Waals surface area contributed by atoms with Gasteiger partial charge in [-0.3, -0.25) is 14.8 Å². The van der Waals surface area contributed by atoms with Crippen LogP contribution in [-0.2, 0) is 16.6 Å². The summed E-state index contributed by atoms with van der Waals surface area (Å²) in [5.41, 5.74) is 2.41. The molecule has 1 heterocycles. The number of benzene rings is 2. The van der Waals surface area contributed by atoms with Crippen molar-refractivity contribution in [3.8, 4) is 0 Å². The highest BCUT2D eigenvalue weighted by Gasteiger charge is 2.14. The van der Waals surface area contributed by atoms with Gasteiger partial charge in [-0.05, 0) is 37.3 Å². The van der Waals surface area contributed by atoms with Crippen LogP contribution in [0.2, 0.25) is 0 Å². The predicted molar refractivity (Wildman–Crippen MR) is 98.3 cm³/mol. The summed E-state index contributed by atoms with van der Waals surface area (Å²) in [6.07, 6.45) is 1.06. The quantitative estimate of drug-likeness (QED) is 0.733. The van der Waals surface area contributed by atoms with Gasteiger partial charge in [-0.15, -0.1) is 0 Å². The Morgan fingerprint density at radius 1 is 1.16 bits per heavy atom. The molecule has 8 heteroatoms. The van der Waals surface area contributed by atoms with E-state index in [1.54, 1.807) is 18.2 Å². The predicted octanol–water partition coefficient (Wildman–Crippen LogP) is 2.68. The first kappa shape index (κ1) is 17.0. The number of anilines is 2. The molecule has 0 fully saturated rings. The van der Waals surface area contributed by atoms with Gasteiger partial charge in [0, 0.05) is 17.8 Å². The molecule has 0 spiro atoms. The number of sulfonamides is 1. The first-order valence-electron chi connectivity index (χ1n) is 7.72. The third-order valence-electron chi connectivity index (χ3n) is 3.62. The SMILES string of the molecule is CCn1c(NC(=O)c2cccc(NS(C)(=O)=O)c2)nc2ccccc21. The number of carbonyl (C=O) groups is 1. The van der Waals surface area contributed by atoms with Crippen molar-refractivity contribution in [1.82, 2.24) is 9.55 Å². The van der Waals surface area contributed by atoms with Gasteiger partial charge in [0.1, 0.15) is 0 Å². The van der Waals surface area contributed by atoms with Gasteiger partial charge in [-0.1, -0.05) is 18.2 Å². The minimum atomic E-state index is -3.40. The molecule has 1 aromatic heterocycles. The van der Waals surface area contributed by atoms with Crippen LogP contribution in [0, 0.1) is 0 Å². The van der Waals surface area contributed by atoms with E-state index in [9.17, 15) is 13.2 Å². The van der Waals surface area contributed by atoms with Crippen LogP contribution >= 0.6 is 0 Å². The standard InChI is InChI=1S/C17H18N4O3S/c1-3-21-15-10-5-4-9-14(15)18-17(21)19-16(22)12-7-6-8-13(11-12)20-25(2,23)24/h4-11,20H,3H2,1-2H3,(H,18,19,22). The Balaban J connectivity index is 1.89. The van der Waals surface area contributed by atoms with Crippen molar-refractivity contribution in [2.45, 2.75) is 13.5 Å². The van der Waals surface area contributed by atoms with Gasteiger partial charge in [-0.2, -0.15) is 0 Å². The van der Waals surface area contributed by atoms with Crippen LogP contribution in [0.3, 0.4) is 0 Å². The molecule has 1 amide bonds. The van der Waals surface area contributed by atoms with Crippen molar-refractivity contribution in [2.24, 2.45) is 0 Å². The number of para-hydroxylation sites is 2. The second kappa shape index (κ2) is 6.56. The number of aryl methyl sites for hydroxylation is 1. The lowest BCUT2D eigenvalue weighted by molar-refractivity contribution is 0.102. The Morgan fingerprint density at radius 3 is 2.64 bits per heavy atom. The summed E-state index contributed by atoms with van der Waals surface area (Å²) in [6, 6.07) is 13.9. The molecular formula is C17H18N4O3S. The number of carbonyl (C=O) groups excluding carboxylic acids is 1. The largest absolute Gasteiger partial charge is 0.310 e. The maximum Gasteiger partial charge on any atom is 0.258 e. The van der Waals surface area contributed by atoms with Crippen LogP contribution in [0.25, 0.3) is 11.0 Å². The lowest BCUT2D eigenvalue weighted by Gasteiger charge is -2.09. The molecule has 0 unspecified atom stereocenters. The molecule has 130 valence electrons. The van der Waals surface area contributed by atoms with Crippen LogP contribution < -0.4 is 10.0 Å². The number of hydrogen-bond acceptors (Lipinski definition) is 4. The third-order valence-corrected chi connectivity index (χ3v) is 4.23. The molecular weight excluding hydrogens is 340 g/mol. The van der Waals surface area contributed by atoms with E-state index in [0.717, 1.165) is 17.3 Å². The van der Waals surface area contributed by atoms with E-state index in [2.05, 4.69) is 15.0 Å². The van der Waals surface area contributed by atoms with Crippen LogP contribution in [-0.4, -0.2) is 30.1 Å². The summed E-state index contributed by atoms with van der Waals surface area (Å²) in [7, 11) is -3.40. The van der Waals surface area contributed by atoms with E-state index in [-0.39, 0.29) is 5.91 Å². The summed E-state index contributed by atoms with van der Waals surface area (Å²) < 4.78 is 26.9. The number of amides is 1. The van der Waals surface area contributed by atoms with Crippen LogP contribution in [0.4, 0.5) is 11.6 Å². The number of nitrogens with one attached hydrogen (secondary N) is 2. The van der Waals surface area contributed by atoms with Gasteiger partial charge >= 0.3 is 0 Å². The Bertz CT molecular complexity index is 1040. The maximum atomic E-state index is 12.5. The topological polar surface area (TPSA) is 93.1 Å². The minimum Gasteiger partial charge on any atom is -0.310 e. The van der Waals surface area contributed by atoms with Crippen LogP contribution in [0.5, 0.6) is 0 Å². The van der Waals surface area contributed by atoms with Gasteiger partial charge in [0.15, 0.2) is 0 Å². The van der Waals surface area contributed by atoms with Crippen molar-refractivity contribution in [2.75, 3.05) is 16.3 Å². The fourth-order valence-corrected chi connectivity index (χ4v) is 3.16. The van der Waals surface area contributed by atoms with Crippen molar-refractivity contribution >= 4 is 38.6 Å². The Hall–Kier alpha value is -2.87. The molecule has 25 heavy (non-hydrogen) atoms. The molecule has 0 saturated carbocycles. The Morgan fingerprint density at radius 2 is 1.92 bits per heavy atom. The highest BCUT2D eigenvalue weighted by Crippen LogP contribution is 2.20. The summed E-state index contributed by atoms with van der Waals surface area (Å²) in [4.78, 5) is 17.0. The summed E-state index contributed by atoms with van der Waals surface area (Å²) in [6.45, 7) is 2.63.